The van der Waals surface area contributed by atoms with E-state index in [1.807, 2.05) is 0 Å². The van der Waals surface area contributed by atoms with Gasteiger partial charge in [-0.3, -0.25) is 14.6 Å². The first-order valence-electron chi connectivity index (χ1n) is 11.5. The van der Waals surface area contributed by atoms with Crippen LogP contribution in [-0.4, -0.2) is 51.4 Å². The summed E-state index contributed by atoms with van der Waals surface area (Å²) < 4.78 is 10.5. The number of aliphatic hydroxyl groups excluding tert-OH is 1. The van der Waals surface area contributed by atoms with Crippen LogP contribution in [0, 0.1) is 13.8 Å². The quantitative estimate of drug-likeness (QED) is 0.224. The second kappa shape index (κ2) is 10.1. The Hall–Kier alpha value is -4.40. The van der Waals surface area contributed by atoms with Gasteiger partial charge >= 0.3 is 5.97 Å². The van der Waals surface area contributed by atoms with Crippen molar-refractivity contribution >= 4 is 23.4 Å². The second-order valence-corrected chi connectivity index (χ2v) is 8.41. The lowest BCUT2D eigenvalue weighted by molar-refractivity contribution is -0.140. The average molecular weight is 490 g/mol. The summed E-state index contributed by atoms with van der Waals surface area (Å²) in [7, 11) is 1.52. The van der Waals surface area contributed by atoms with Crippen molar-refractivity contribution in [3.63, 3.8) is 0 Å². The van der Waals surface area contributed by atoms with E-state index >= 15 is 0 Å². The minimum atomic E-state index is -0.889. The zero-order valence-corrected chi connectivity index (χ0v) is 20.5. The number of esters is 1. The van der Waals surface area contributed by atoms with Crippen molar-refractivity contribution in [3.8, 4) is 5.75 Å². The monoisotopic (exact) mass is 489 g/mol. The highest BCUT2D eigenvalue weighted by Crippen LogP contribution is 2.42. The molecule has 0 bridgehead atoms. The van der Waals surface area contributed by atoms with E-state index in [4.69, 9.17) is 9.47 Å². The summed E-state index contributed by atoms with van der Waals surface area (Å²) in [5, 5.41) is 11.5. The first kappa shape index (κ1) is 24.7. The Morgan fingerprint density at radius 2 is 1.97 bits per heavy atom. The van der Waals surface area contributed by atoms with Gasteiger partial charge in [0, 0.05) is 30.2 Å². The van der Waals surface area contributed by atoms with Crippen molar-refractivity contribution in [3.05, 3.63) is 88.0 Å². The van der Waals surface area contributed by atoms with Gasteiger partial charge in [-0.25, -0.2) is 4.79 Å². The maximum absolute atomic E-state index is 13.4. The number of amides is 1. The van der Waals surface area contributed by atoms with Crippen LogP contribution < -0.4 is 4.74 Å². The van der Waals surface area contributed by atoms with Crippen LogP contribution in [0.3, 0.4) is 0 Å². The van der Waals surface area contributed by atoms with Crippen LogP contribution in [0.2, 0.25) is 0 Å². The molecule has 1 amide bonds. The Morgan fingerprint density at radius 3 is 2.64 bits per heavy atom. The molecule has 2 N–H and O–H groups in total. The number of H-pyrrole nitrogens is 1. The van der Waals surface area contributed by atoms with Gasteiger partial charge in [0.25, 0.3) is 11.7 Å². The predicted molar refractivity (Wildman–Crippen MR) is 131 cm³/mol. The molecule has 2 aromatic heterocycles. The van der Waals surface area contributed by atoms with Gasteiger partial charge in [0.05, 0.1) is 25.3 Å². The van der Waals surface area contributed by atoms with Gasteiger partial charge in [-0.2, -0.15) is 0 Å². The number of hydrogen-bond donors (Lipinski definition) is 2. The zero-order chi connectivity index (χ0) is 26.0. The number of nitrogens with one attached hydrogen (secondary N) is 1. The molecular formula is C27H27N3O6. The normalized spacial score (nSPS) is 16.9. The average Bonchev–Trinajstić information content (AvgIpc) is 3.32. The molecule has 3 aromatic rings. The van der Waals surface area contributed by atoms with Crippen LogP contribution in [-0.2, 0) is 20.9 Å². The molecule has 9 heteroatoms. The molecule has 1 fully saturated rings. The van der Waals surface area contributed by atoms with Gasteiger partial charge in [0.15, 0.2) is 0 Å². The van der Waals surface area contributed by atoms with Gasteiger partial charge in [0.1, 0.15) is 17.2 Å². The molecule has 3 heterocycles. The van der Waals surface area contributed by atoms with Crippen LogP contribution in [0.4, 0.5) is 0 Å². The number of hydrogen-bond acceptors (Lipinski definition) is 7. The number of aliphatic hydroxyl groups is 1. The Labute approximate surface area is 208 Å². The largest absolute Gasteiger partial charge is 0.507 e. The number of methoxy groups -OCH3 is 1. The first-order chi connectivity index (χ1) is 17.3. The van der Waals surface area contributed by atoms with Gasteiger partial charge in [-0.05, 0) is 55.7 Å². The molecule has 1 atom stereocenters. The second-order valence-electron chi connectivity index (χ2n) is 8.41. The van der Waals surface area contributed by atoms with Gasteiger partial charge in [-0.15, -0.1) is 0 Å². The van der Waals surface area contributed by atoms with Crippen molar-refractivity contribution in [1.82, 2.24) is 14.9 Å². The zero-order valence-electron chi connectivity index (χ0n) is 20.5. The Morgan fingerprint density at radius 1 is 1.19 bits per heavy atom. The van der Waals surface area contributed by atoms with Crippen LogP contribution in [0.25, 0.3) is 5.76 Å². The summed E-state index contributed by atoms with van der Waals surface area (Å²) in [6, 6.07) is 9.66. The number of likely N-dealkylation sites (tertiary alicyclic amines) is 1. The van der Waals surface area contributed by atoms with E-state index in [0.29, 0.717) is 22.6 Å². The first-order valence-corrected chi connectivity index (χ1v) is 11.5. The number of ether oxygens (including phenoxy) is 2. The topological polar surface area (TPSA) is 122 Å². The smallest absolute Gasteiger partial charge is 0.355 e. The lowest BCUT2D eigenvalue weighted by atomic mass is 9.94. The number of nitrogens with zero attached hydrogens (tertiary/aromatic N) is 2. The molecule has 1 aromatic carbocycles. The summed E-state index contributed by atoms with van der Waals surface area (Å²) >= 11 is 0. The molecule has 0 spiro atoms. The van der Waals surface area contributed by atoms with Crippen LogP contribution in [0.1, 0.15) is 51.4 Å². The van der Waals surface area contributed by atoms with E-state index in [1.54, 1.807) is 69.6 Å². The molecule has 1 aliphatic rings. The number of benzene rings is 1. The number of aromatic amines is 1. The number of aryl methyl sites for hydroxylation is 1. The van der Waals surface area contributed by atoms with E-state index in [9.17, 15) is 19.5 Å². The highest BCUT2D eigenvalue weighted by atomic mass is 16.5. The number of carbonyl (C=O) groups excluding carboxylic acids is 3. The lowest BCUT2D eigenvalue weighted by Crippen LogP contribution is -2.29. The summed E-state index contributed by atoms with van der Waals surface area (Å²) in [6.45, 7) is 5.32. The van der Waals surface area contributed by atoms with E-state index in [2.05, 4.69) is 9.97 Å². The van der Waals surface area contributed by atoms with Crippen LogP contribution in [0.5, 0.6) is 5.75 Å². The van der Waals surface area contributed by atoms with Gasteiger partial charge in [0.2, 0.25) is 0 Å². The Bertz CT molecular complexity index is 1360. The summed E-state index contributed by atoms with van der Waals surface area (Å²) in [5.74, 6) is -1.96. The van der Waals surface area contributed by atoms with Crippen LogP contribution in [0.15, 0.2) is 54.4 Å². The fourth-order valence-corrected chi connectivity index (χ4v) is 4.54. The molecule has 0 radical (unpaired) electrons. The van der Waals surface area contributed by atoms with Crippen molar-refractivity contribution in [2.75, 3.05) is 13.7 Å². The van der Waals surface area contributed by atoms with E-state index in [-0.39, 0.29) is 35.7 Å². The minimum Gasteiger partial charge on any atom is -0.507 e. The Balaban J connectivity index is 1.90. The number of pyridine rings is 1. The van der Waals surface area contributed by atoms with Crippen molar-refractivity contribution < 1.29 is 29.0 Å². The number of aromatic nitrogens is 2. The fourth-order valence-electron chi connectivity index (χ4n) is 4.54. The van der Waals surface area contributed by atoms with Crippen LogP contribution >= 0.6 is 0 Å². The molecule has 9 nitrogen and oxygen atoms in total. The SMILES string of the molecule is CCOC(=O)c1[nH]c(C)c(/C(O)=C2\C(=O)C(=O)N(Cc3cccnc3)[C@@H]2c2cccc(OC)c2)c1C. The molecule has 0 aliphatic carbocycles. The fraction of sp³-hybridized carbons (Fsp3) is 0.259. The van der Waals surface area contributed by atoms with Gasteiger partial charge in [-0.1, -0.05) is 18.2 Å². The molecule has 186 valence electrons. The van der Waals surface area contributed by atoms with Crippen molar-refractivity contribution in [1.29, 1.82) is 0 Å². The van der Waals surface area contributed by atoms with Gasteiger partial charge < -0.3 is 24.5 Å². The van der Waals surface area contributed by atoms with E-state index < -0.39 is 23.7 Å². The third-order valence-corrected chi connectivity index (χ3v) is 6.18. The summed E-state index contributed by atoms with van der Waals surface area (Å²) in [5.41, 5.74) is 2.60. The molecule has 36 heavy (non-hydrogen) atoms. The minimum absolute atomic E-state index is 0.0715. The number of rotatable bonds is 7. The molecule has 1 saturated heterocycles. The third-order valence-electron chi connectivity index (χ3n) is 6.18. The van der Waals surface area contributed by atoms with Crippen molar-refractivity contribution in [2.24, 2.45) is 0 Å². The molecule has 0 saturated carbocycles. The number of ketones is 1. The third kappa shape index (κ3) is 4.35. The maximum Gasteiger partial charge on any atom is 0.355 e. The summed E-state index contributed by atoms with van der Waals surface area (Å²) in [6.07, 6.45) is 3.24. The Kier molecular flexibility index (Phi) is 6.91. The number of Topliss-reactive ketones (excluding diaryl/α,β-unsaturated/α-hetero) is 1. The molecule has 0 unspecified atom stereocenters. The molecule has 4 rings (SSSR count). The summed E-state index contributed by atoms with van der Waals surface area (Å²) in [4.78, 5) is 47.5. The van der Waals surface area contributed by atoms with E-state index in [0.717, 1.165) is 5.56 Å². The van der Waals surface area contributed by atoms with E-state index in [1.165, 1.54) is 12.0 Å². The lowest BCUT2D eigenvalue weighted by Gasteiger charge is -2.25. The predicted octanol–water partition coefficient (Wildman–Crippen LogP) is 3.83. The maximum atomic E-state index is 13.4. The van der Waals surface area contributed by atoms with Crippen molar-refractivity contribution in [2.45, 2.75) is 33.4 Å². The molecular weight excluding hydrogens is 462 g/mol. The highest BCUT2D eigenvalue weighted by molar-refractivity contribution is 6.46. The molecule has 1 aliphatic heterocycles. The standard InChI is InChI=1S/C27H27N3O6/c1-5-36-27(34)22-15(2)20(16(3)29-22)24(31)21-23(18-9-6-10-19(12-18)35-4)30(26(33)25(21)32)14-17-8-7-11-28-13-17/h6-13,23,29,31H,5,14H2,1-4H3/b24-21+/t23-/m1/s1. The number of carbonyl (C=O) groups is 3. The highest BCUT2D eigenvalue weighted by Gasteiger charge is 2.46.